The van der Waals surface area contributed by atoms with Crippen LogP contribution in [0.15, 0.2) is 29.4 Å². The summed E-state index contributed by atoms with van der Waals surface area (Å²) in [5.41, 5.74) is 3.93. The molecule has 1 aliphatic rings. The van der Waals surface area contributed by atoms with Crippen LogP contribution in [0.5, 0.6) is 0 Å². The second-order valence-corrected chi connectivity index (χ2v) is 5.99. The topological polar surface area (TPSA) is 137 Å². The molecule has 11 heteroatoms. The fraction of sp³-hybridized carbons (Fsp3) is 0.333. The Hall–Kier alpha value is -3.76. The molecular formula is C18H20N6O5. The van der Waals surface area contributed by atoms with Crippen LogP contribution in [0.25, 0.3) is 5.69 Å². The first kappa shape index (κ1) is 20.0. The van der Waals surface area contributed by atoms with Crippen LogP contribution < -0.4 is 10.7 Å². The summed E-state index contributed by atoms with van der Waals surface area (Å²) in [5, 5.41) is 14.5. The van der Waals surface area contributed by atoms with Crippen molar-refractivity contribution in [1.82, 2.24) is 25.7 Å². The third-order valence-electron chi connectivity index (χ3n) is 4.05. The van der Waals surface area contributed by atoms with Gasteiger partial charge in [0.15, 0.2) is 5.69 Å². The van der Waals surface area contributed by atoms with Gasteiger partial charge in [0.05, 0.1) is 30.7 Å². The van der Waals surface area contributed by atoms with E-state index >= 15 is 0 Å². The van der Waals surface area contributed by atoms with E-state index in [-0.39, 0.29) is 36.7 Å². The van der Waals surface area contributed by atoms with Crippen molar-refractivity contribution in [3.05, 3.63) is 41.2 Å². The lowest BCUT2D eigenvalue weighted by Crippen LogP contribution is -2.48. The molecular weight excluding hydrogens is 380 g/mol. The number of nitrogens with zero attached hydrogens (tertiary/aromatic N) is 4. The highest BCUT2D eigenvalue weighted by Crippen LogP contribution is 2.17. The molecule has 0 saturated carbocycles. The molecule has 2 aromatic rings. The zero-order valence-corrected chi connectivity index (χ0v) is 16.1. The summed E-state index contributed by atoms with van der Waals surface area (Å²) < 4.78 is 11.2. The van der Waals surface area contributed by atoms with Crippen LogP contribution in [0.4, 0.5) is 4.79 Å². The van der Waals surface area contributed by atoms with Gasteiger partial charge in [0.2, 0.25) is 5.69 Å². The average molecular weight is 400 g/mol. The molecule has 1 atom stereocenters. The second-order valence-electron chi connectivity index (χ2n) is 5.99. The summed E-state index contributed by atoms with van der Waals surface area (Å²) in [6, 6.07) is 6.24. The van der Waals surface area contributed by atoms with E-state index in [4.69, 9.17) is 9.47 Å². The highest BCUT2D eigenvalue weighted by Gasteiger charge is 2.28. The number of carbonyl (C=O) groups is 3. The monoisotopic (exact) mass is 400 g/mol. The first-order valence-corrected chi connectivity index (χ1v) is 9.01. The van der Waals surface area contributed by atoms with E-state index in [1.807, 2.05) is 6.92 Å². The molecule has 2 amide bonds. The van der Waals surface area contributed by atoms with Crippen LogP contribution in [0.2, 0.25) is 0 Å². The first-order valence-electron chi connectivity index (χ1n) is 9.01. The van der Waals surface area contributed by atoms with Gasteiger partial charge in [-0.25, -0.2) is 24.5 Å². The van der Waals surface area contributed by atoms with E-state index in [0.717, 1.165) is 5.56 Å². The molecule has 1 unspecified atom stereocenters. The molecule has 152 valence electrons. The van der Waals surface area contributed by atoms with Gasteiger partial charge in [0, 0.05) is 5.56 Å². The van der Waals surface area contributed by atoms with Crippen LogP contribution in [-0.2, 0) is 9.47 Å². The summed E-state index contributed by atoms with van der Waals surface area (Å²) >= 11 is 0. The van der Waals surface area contributed by atoms with Gasteiger partial charge in [-0.1, -0.05) is 17.3 Å². The molecule has 11 nitrogen and oxygen atoms in total. The minimum Gasteiger partial charge on any atom is -0.461 e. The molecule has 0 bridgehead atoms. The van der Waals surface area contributed by atoms with Crippen molar-refractivity contribution in [2.24, 2.45) is 5.10 Å². The molecule has 2 N–H and O–H groups in total. The van der Waals surface area contributed by atoms with Crippen LogP contribution >= 0.6 is 0 Å². The maximum absolute atomic E-state index is 12.4. The Labute approximate surface area is 166 Å². The average Bonchev–Trinajstić information content (AvgIpc) is 3.14. The molecule has 0 radical (unpaired) electrons. The molecule has 1 aromatic carbocycles. The van der Waals surface area contributed by atoms with Gasteiger partial charge in [-0.15, -0.1) is 5.10 Å². The zero-order chi connectivity index (χ0) is 21.0. The number of esters is 2. The van der Waals surface area contributed by atoms with Gasteiger partial charge < -0.3 is 14.8 Å². The molecule has 1 aliphatic heterocycles. The molecule has 0 spiro atoms. The van der Waals surface area contributed by atoms with Gasteiger partial charge >= 0.3 is 18.0 Å². The predicted molar refractivity (Wildman–Crippen MR) is 101 cm³/mol. The van der Waals surface area contributed by atoms with Gasteiger partial charge in [0.1, 0.15) is 0 Å². The standard InChI is InChI=1S/C18H20N6O5/c1-4-28-16(25)14-15(17(26)29-5-2)24(23-21-14)12-8-6-11(7-9-12)13-10(3)19-18(27)22-20-13/h6-10H,4-5H2,1-3H3,(H2,19,22,27). The molecule has 0 fully saturated rings. The third-order valence-corrected chi connectivity index (χ3v) is 4.05. The lowest BCUT2D eigenvalue weighted by atomic mass is 10.0. The molecule has 3 rings (SSSR count). The third kappa shape index (κ3) is 4.08. The van der Waals surface area contributed by atoms with E-state index in [2.05, 4.69) is 26.2 Å². The van der Waals surface area contributed by atoms with Crippen molar-refractivity contribution in [2.45, 2.75) is 26.8 Å². The number of urea groups is 1. The van der Waals surface area contributed by atoms with Crippen molar-refractivity contribution < 1.29 is 23.9 Å². The maximum Gasteiger partial charge on any atom is 0.361 e. The fourth-order valence-electron chi connectivity index (χ4n) is 2.78. The summed E-state index contributed by atoms with van der Waals surface area (Å²) in [6.45, 7) is 5.38. The van der Waals surface area contributed by atoms with Gasteiger partial charge in [0.25, 0.3) is 0 Å². The number of carbonyl (C=O) groups excluding carboxylic acids is 3. The summed E-state index contributed by atoms with van der Waals surface area (Å²) in [5.74, 6) is -1.49. The van der Waals surface area contributed by atoms with E-state index in [0.29, 0.717) is 11.4 Å². The van der Waals surface area contributed by atoms with E-state index in [1.54, 1.807) is 38.1 Å². The molecule has 2 heterocycles. The fourth-order valence-corrected chi connectivity index (χ4v) is 2.78. The SMILES string of the molecule is CCOC(=O)c1nnn(-c2ccc(C3=NNC(=O)NC3C)cc2)c1C(=O)OCC. The maximum atomic E-state index is 12.4. The van der Waals surface area contributed by atoms with Crippen molar-refractivity contribution in [3.8, 4) is 5.69 Å². The Balaban J connectivity index is 1.97. The summed E-state index contributed by atoms with van der Waals surface area (Å²) in [7, 11) is 0. The molecule has 0 saturated heterocycles. The van der Waals surface area contributed by atoms with Gasteiger partial charge in [-0.3, -0.25) is 0 Å². The normalized spacial score (nSPS) is 15.8. The Bertz CT molecular complexity index is 966. The van der Waals surface area contributed by atoms with Crippen molar-refractivity contribution in [1.29, 1.82) is 0 Å². The van der Waals surface area contributed by atoms with Crippen molar-refractivity contribution in [3.63, 3.8) is 0 Å². The Kier molecular flexibility index (Phi) is 5.86. The Morgan fingerprint density at radius 1 is 1.10 bits per heavy atom. The summed E-state index contributed by atoms with van der Waals surface area (Å²) in [4.78, 5) is 35.9. The lowest BCUT2D eigenvalue weighted by Gasteiger charge is -2.21. The van der Waals surface area contributed by atoms with Crippen molar-refractivity contribution >= 4 is 23.7 Å². The van der Waals surface area contributed by atoms with Crippen LogP contribution in [0.1, 0.15) is 47.3 Å². The Morgan fingerprint density at radius 2 is 1.76 bits per heavy atom. The number of benzene rings is 1. The van der Waals surface area contributed by atoms with Crippen LogP contribution in [0.3, 0.4) is 0 Å². The lowest BCUT2D eigenvalue weighted by molar-refractivity contribution is 0.0469. The van der Waals surface area contributed by atoms with Crippen LogP contribution in [0, 0.1) is 0 Å². The number of hydrazone groups is 1. The number of ether oxygens (including phenoxy) is 2. The van der Waals surface area contributed by atoms with Gasteiger partial charge in [-0.2, -0.15) is 5.10 Å². The first-order chi connectivity index (χ1) is 14.0. The number of hydrogen-bond acceptors (Lipinski definition) is 8. The highest BCUT2D eigenvalue weighted by molar-refractivity contribution is 6.07. The minimum absolute atomic E-state index is 0.115. The van der Waals surface area contributed by atoms with E-state index in [1.165, 1.54) is 4.68 Å². The molecule has 29 heavy (non-hydrogen) atoms. The second kappa shape index (κ2) is 8.50. The number of nitrogens with one attached hydrogen (secondary N) is 2. The summed E-state index contributed by atoms with van der Waals surface area (Å²) in [6.07, 6.45) is 0. The largest absolute Gasteiger partial charge is 0.461 e. The zero-order valence-electron chi connectivity index (χ0n) is 16.1. The Morgan fingerprint density at radius 3 is 2.38 bits per heavy atom. The smallest absolute Gasteiger partial charge is 0.361 e. The van der Waals surface area contributed by atoms with E-state index < -0.39 is 11.9 Å². The molecule has 0 aliphatic carbocycles. The van der Waals surface area contributed by atoms with E-state index in [9.17, 15) is 14.4 Å². The minimum atomic E-state index is -0.759. The van der Waals surface area contributed by atoms with Gasteiger partial charge in [-0.05, 0) is 32.9 Å². The van der Waals surface area contributed by atoms with Crippen LogP contribution in [-0.4, -0.2) is 57.9 Å². The van der Waals surface area contributed by atoms with Crippen molar-refractivity contribution in [2.75, 3.05) is 13.2 Å². The quantitative estimate of drug-likeness (QED) is 0.691. The molecule has 1 aromatic heterocycles. The number of rotatable bonds is 6. The number of aromatic nitrogens is 3. The number of hydrogen-bond donors (Lipinski definition) is 2. The predicted octanol–water partition coefficient (Wildman–Crippen LogP) is 1.03. The highest BCUT2D eigenvalue weighted by atomic mass is 16.5. The number of amides is 2.